The molecule has 5 nitrogen and oxygen atoms in total. The van der Waals surface area contributed by atoms with Crippen LogP contribution in [-0.4, -0.2) is 35.9 Å². The first-order chi connectivity index (χ1) is 9.75. The molecule has 116 valence electrons. The summed E-state index contributed by atoms with van der Waals surface area (Å²) in [6.45, 7) is 3.66. The number of halogens is 1. The lowest BCUT2D eigenvalue weighted by Gasteiger charge is -2.37. The monoisotopic (exact) mass is 315 g/mol. The molecular weight excluding hydrogens is 297 g/mol. The second-order valence-corrected chi connectivity index (χ2v) is 7.25. The number of carbonyl (C=O) groups is 1. The third-order valence-corrected chi connectivity index (χ3v) is 5.98. The van der Waals surface area contributed by atoms with Crippen molar-refractivity contribution in [3.63, 3.8) is 0 Å². The van der Waals surface area contributed by atoms with Gasteiger partial charge in [-0.25, -0.2) is 17.6 Å². The molecule has 2 rings (SSSR count). The molecule has 0 radical (unpaired) electrons. The average molecular weight is 315 g/mol. The van der Waals surface area contributed by atoms with Gasteiger partial charge in [-0.1, -0.05) is 6.42 Å². The van der Waals surface area contributed by atoms with Crippen LogP contribution in [0, 0.1) is 5.82 Å². The topological polar surface area (TPSA) is 74.7 Å². The average Bonchev–Trinajstić information content (AvgIpc) is 2.38. The van der Waals surface area contributed by atoms with E-state index in [4.69, 9.17) is 5.11 Å². The largest absolute Gasteiger partial charge is 0.478 e. The molecule has 1 aliphatic rings. The highest BCUT2D eigenvalue weighted by atomic mass is 32.2. The van der Waals surface area contributed by atoms with Crippen molar-refractivity contribution in [2.75, 3.05) is 0 Å². The number of sulfonamides is 1. The third-order valence-electron chi connectivity index (χ3n) is 3.86. The summed E-state index contributed by atoms with van der Waals surface area (Å²) in [5.41, 5.74) is -0.631. The molecule has 7 heteroatoms. The number of carboxylic acid groups (broad SMARTS) is 1. The number of benzene rings is 1. The van der Waals surface area contributed by atoms with Gasteiger partial charge < -0.3 is 5.11 Å². The first kappa shape index (κ1) is 15.9. The summed E-state index contributed by atoms with van der Waals surface area (Å²) in [6.07, 6.45) is 2.48. The lowest BCUT2D eigenvalue weighted by atomic mass is 10.0. The van der Waals surface area contributed by atoms with Gasteiger partial charge in [0.15, 0.2) is 0 Å². The van der Waals surface area contributed by atoms with Crippen LogP contribution >= 0.6 is 0 Å². The molecule has 2 atom stereocenters. The fourth-order valence-electron chi connectivity index (χ4n) is 2.82. The normalized spacial score (nSPS) is 24.0. The zero-order valence-corrected chi connectivity index (χ0v) is 12.7. The Morgan fingerprint density at radius 2 is 1.86 bits per heavy atom. The molecule has 0 bridgehead atoms. The summed E-state index contributed by atoms with van der Waals surface area (Å²) in [5, 5.41) is 8.92. The van der Waals surface area contributed by atoms with Crippen LogP contribution in [0.4, 0.5) is 4.39 Å². The van der Waals surface area contributed by atoms with Crippen molar-refractivity contribution in [2.24, 2.45) is 0 Å². The van der Waals surface area contributed by atoms with Crippen molar-refractivity contribution >= 4 is 16.0 Å². The Kier molecular flexibility index (Phi) is 4.34. The number of rotatable bonds is 3. The van der Waals surface area contributed by atoms with Gasteiger partial charge in [-0.3, -0.25) is 0 Å². The molecule has 0 unspecified atom stereocenters. The van der Waals surface area contributed by atoms with Crippen molar-refractivity contribution in [3.8, 4) is 0 Å². The predicted octanol–water partition coefficient (Wildman–Crippen LogP) is 2.48. The molecule has 0 aromatic heterocycles. The van der Waals surface area contributed by atoms with Gasteiger partial charge in [0, 0.05) is 12.1 Å². The van der Waals surface area contributed by atoms with Gasteiger partial charge in [-0.15, -0.1) is 0 Å². The minimum Gasteiger partial charge on any atom is -0.478 e. The van der Waals surface area contributed by atoms with E-state index < -0.39 is 27.4 Å². The maximum Gasteiger partial charge on any atom is 0.338 e. The number of aromatic carboxylic acids is 1. The zero-order valence-electron chi connectivity index (χ0n) is 11.9. The summed E-state index contributed by atoms with van der Waals surface area (Å²) < 4.78 is 40.2. The van der Waals surface area contributed by atoms with Crippen molar-refractivity contribution in [2.45, 2.75) is 50.1 Å². The van der Waals surface area contributed by atoms with Crippen LogP contribution in [0.2, 0.25) is 0 Å². The molecule has 0 saturated carbocycles. The van der Waals surface area contributed by atoms with Crippen LogP contribution in [0.15, 0.2) is 23.1 Å². The Balaban J connectivity index is 2.48. The molecule has 0 spiro atoms. The predicted molar refractivity (Wildman–Crippen MR) is 75.2 cm³/mol. The molecule has 1 aliphatic heterocycles. The lowest BCUT2D eigenvalue weighted by molar-refractivity contribution is 0.0691. The molecular formula is C14H18FNO4S. The van der Waals surface area contributed by atoms with Crippen molar-refractivity contribution in [1.82, 2.24) is 4.31 Å². The Hall–Kier alpha value is -1.47. The minimum absolute atomic E-state index is 0.155. The van der Waals surface area contributed by atoms with Crippen LogP contribution in [0.3, 0.4) is 0 Å². The van der Waals surface area contributed by atoms with E-state index in [1.807, 2.05) is 13.8 Å². The first-order valence-electron chi connectivity index (χ1n) is 6.81. The summed E-state index contributed by atoms with van der Waals surface area (Å²) in [7, 11) is -3.83. The smallest absolute Gasteiger partial charge is 0.338 e. The van der Waals surface area contributed by atoms with Crippen molar-refractivity contribution in [3.05, 3.63) is 29.6 Å². The van der Waals surface area contributed by atoms with E-state index in [1.54, 1.807) is 0 Å². The van der Waals surface area contributed by atoms with Crippen LogP contribution in [0.5, 0.6) is 0 Å². The van der Waals surface area contributed by atoms with E-state index in [1.165, 1.54) is 4.31 Å². The van der Waals surface area contributed by atoms with Crippen LogP contribution in [-0.2, 0) is 10.0 Å². The Morgan fingerprint density at radius 1 is 1.29 bits per heavy atom. The van der Waals surface area contributed by atoms with Crippen molar-refractivity contribution in [1.29, 1.82) is 0 Å². The van der Waals surface area contributed by atoms with E-state index in [0.717, 1.165) is 37.5 Å². The van der Waals surface area contributed by atoms with Gasteiger partial charge in [0.25, 0.3) is 0 Å². The molecule has 1 N–H and O–H groups in total. The quantitative estimate of drug-likeness (QED) is 0.930. The molecule has 1 saturated heterocycles. The number of hydrogen-bond donors (Lipinski definition) is 1. The van der Waals surface area contributed by atoms with Crippen molar-refractivity contribution < 1.29 is 22.7 Å². The van der Waals surface area contributed by atoms with E-state index >= 15 is 0 Å². The lowest BCUT2D eigenvalue weighted by Crippen LogP contribution is -2.47. The maximum atomic E-state index is 13.4. The maximum absolute atomic E-state index is 13.4. The van der Waals surface area contributed by atoms with Gasteiger partial charge in [0.2, 0.25) is 10.0 Å². The Labute approximate surface area is 123 Å². The highest BCUT2D eigenvalue weighted by Gasteiger charge is 2.36. The van der Waals surface area contributed by atoms with Gasteiger partial charge in [0.1, 0.15) is 5.82 Å². The van der Waals surface area contributed by atoms with E-state index in [-0.39, 0.29) is 17.0 Å². The highest BCUT2D eigenvalue weighted by molar-refractivity contribution is 7.89. The van der Waals surface area contributed by atoms with Crippen LogP contribution < -0.4 is 0 Å². The zero-order chi connectivity index (χ0) is 15.8. The summed E-state index contributed by atoms with van der Waals surface area (Å²) in [4.78, 5) is 10.8. The molecule has 1 fully saturated rings. The van der Waals surface area contributed by atoms with E-state index in [2.05, 4.69) is 0 Å². The molecule has 1 aromatic carbocycles. The van der Waals surface area contributed by atoms with Gasteiger partial charge in [-0.2, -0.15) is 4.31 Å². The number of carboxylic acids is 1. The SMILES string of the molecule is C[C@@H]1CCC[C@H](C)N1S(=O)(=O)c1ccc(F)c(C(=O)O)c1. The fourth-order valence-corrected chi connectivity index (χ4v) is 4.73. The molecule has 0 aliphatic carbocycles. The summed E-state index contributed by atoms with van der Waals surface area (Å²) >= 11 is 0. The molecule has 0 amide bonds. The van der Waals surface area contributed by atoms with Crippen LogP contribution in [0.25, 0.3) is 0 Å². The third kappa shape index (κ3) is 2.94. The van der Waals surface area contributed by atoms with E-state index in [9.17, 15) is 17.6 Å². The highest BCUT2D eigenvalue weighted by Crippen LogP contribution is 2.30. The Bertz CT molecular complexity index is 649. The standard InChI is InChI=1S/C14H18FNO4S/c1-9-4-3-5-10(2)16(9)21(19,20)11-6-7-13(15)12(8-11)14(17)18/h6-10H,3-5H2,1-2H3,(H,17,18)/t9-,10+. The van der Waals surface area contributed by atoms with Crippen LogP contribution in [0.1, 0.15) is 43.5 Å². The second-order valence-electron chi connectivity index (χ2n) is 5.41. The molecule has 21 heavy (non-hydrogen) atoms. The number of hydrogen-bond acceptors (Lipinski definition) is 3. The number of piperidine rings is 1. The van der Waals surface area contributed by atoms with Gasteiger partial charge >= 0.3 is 5.97 Å². The first-order valence-corrected chi connectivity index (χ1v) is 8.25. The second kappa shape index (κ2) is 5.73. The minimum atomic E-state index is -3.83. The fraction of sp³-hybridized carbons (Fsp3) is 0.500. The number of nitrogens with zero attached hydrogens (tertiary/aromatic N) is 1. The molecule has 1 aromatic rings. The molecule has 1 heterocycles. The van der Waals surface area contributed by atoms with E-state index in [0.29, 0.717) is 0 Å². The van der Waals surface area contributed by atoms with Gasteiger partial charge in [-0.05, 0) is 44.9 Å². The van der Waals surface area contributed by atoms with Gasteiger partial charge in [0.05, 0.1) is 10.5 Å². The summed E-state index contributed by atoms with van der Waals surface area (Å²) in [6, 6.07) is 2.58. The summed E-state index contributed by atoms with van der Waals surface area (Å²) in [5.74, 6) is -2.43. The Morgan fingerprint density at radius 3 is 2.38 bits per heavy atom.